The van der Waals surface area contributed by atoms with Crippen molar-refractivity contribution in [3.05, 3.63) is 51.7 Å². The molecule has 0 saturated carbocycles. The quantitative estimate of drug-likeness (QED) is 0.642. The number of rotatable bonds is 5. The zero-order valence-corrected chi connectivity index (χ0v) is 17.9. The molecule has 1 fully saturated rings. The van der Waals surface area contributed by atoms with Gasteiger partial charge < -0.3 is 19.5 Å². The molecular weight excluding hydrogens is 472 g/mol. The Morgan fingerprint density at radius 3 is 2.41 bits per heavy atom. The number of alkyl halides is 6. The van der Waals surface area contributed by atoms with Gasteiger partial charge in [0.05, 0.1) is 12.2 Å². The Labute approximate surface area is 189 Å². The summed E-state index contributed by atoms with van der Waals surface area (Å²) in [4.78, 5) is 36.5. The van der Waals surface area contributed by atoms with Gasteiger partial charge >= 0.3 is 18.4 Å². The minimum absolute atomic E-state index is 0.0395. The van der Waals surface area contributed by atoms with Crippen molar-refractivity contribution in [3.63, 3.8) is 0 Å². The molecule has 1 aliphatic heterocycles. The SMILES string of the molecule is CC[C@H]1CN(C(=O)OCCc2c[nH]c(=O)c(C(F)(F)F)c2)CCN1c1ncc(C(F)(F)F)cn1. The van der Waals surface area contributed by atoms with Crippen molar-refractivity contribution in [1.82, 2.24) is 19.9 Å². The number of hydrogen-bond donors (Lipinski definition) is 1. The number of H-pyrrole nitrogens is 1. The van der Waals surface area contributed by atoms with Gasteiger partial charge in [0, 0.05) is 50.7 Å². The fourth-order valence-electron chi connectivity index (χ4n) is 3.48. The topological polar surface area (TPSA) is 91.4 Å². The largest absolute Gasteiger partial charge is 0.449 e. The molecule has 0 aliphatic carbocycles. The fourth-order valence-corrected chi connectivity index (χ4v) is 3.48. The van der Waals surface area contributed by atoms with Gasteiger partial charge in [-0.2, -0.15) is 26.3 Å². The van der Waals surface area contributed by atoms with E-state index >= 15 is 0 Å². The van der Waals surface area contributed by atoms with Crippen LogP contribution in [0.25, 0.3) is 0 Å². The van der Waals surface area contributed by atoms with Crippen molar-refractivity contribution in [2.24, 2.45) is 0 Å². The van der Waals surface area contributed by atoms with E-state index in [-0.39, 0.29) is 50.2 Å². The van der Waals surface area contributed by atoms with Gasteiger partial charge in [-0.05, 0) is 18.1 Å². The molecule has 8 nitrogen and oxygen atoms in total. The van der Waals surface area contributed by atoms with Crippen molar-refractivity contribution in [2.45, 2.75) is 38.2 Å². The van der Waals surface area contributed by atoms with Crippen LogP contribution in [0.15, 0.2) is 29.5 Å². The number of amides is 1. The number of aromatic amines is 1. The van der Waals surface area contributed by atoms with Gasteiger partial charge in [-0.15, -0.1) is 0 Å². The molecule has 0 spiro atoms. The lowest BCUT2D eigenvalue weighted by atomic mass is 10.1. The van der Waals surface area contributed by atoms with E-state index in [1.165, 1.54) is 4.90 Å². The molecule has 3 heterocycles. The number of carbonyl (C=O) groups is 1. The minimum Gasteiger partial charge on any atom is -0.449 e. The lowest BCUT2D eigenvalue weighted by Gasteiger charge is -2.40. The maximum Gasteiger partial charge on any atom is 0.421 e. The predicted molar refractivity (Wildman–Crippen MR) is 107 cm³/mol. The first kappa shape index (κ1) is 25.3. The summed E-state index contributed by atoms with van der Waals surface area (Å²) >= 11 is 0. The second kappa shape index (κ2) is 9.89. The minimum atomic E-state index is -4.80. The molecule has 1 aliphatic rings. The number of halogens is 6. The Morgan fingerprint density at radius 2 is 1.82 bits per heavy atom. The molecule has 34 heavy (non-hydrogen) atoms. The van der Waals surface area contributed by atoms with Crippen molar-refractivity contribution >= 4 is 12.0 Å². The molecule has 0 radical (unpaired) electrons. The zero-order valence-electron chi connectivity index (χ0n) is 17.9. The van der Waals surface area contributed by atoms with Crippen LogP contribution in [0.3, 0.4) is 0 Å². The smallest absolute Gasteiger partial charge is 0.421 e. The normalized spacial score (nSPS) is 17.1. The molecule has 2 aromatic rings. The predicted octanol–water partition coefficient (Wildman–Crippen LogP) is 3.48. The number of nitrogens with one attached hydrogen (secondary N) is 1. The van der Waals surface area contributed by atoms with E-state index in [0.717, 1.165) is 6.20 Å². The van der Waals surface area contributed by atoms with Crippen molar-refractivity contribution < 1.29 is 35.9 Å². The number of pyridine rings is 1. The average Bonchev–Trinajstić information content (AvgIpc) is 2.78. The number of hydrogen-bond acceptors (Lipinski definition) is 6. The van der Waals surface area contributed by atoms with Crippen LogP contribution < -0.4 is 10.5 Å². The van der Waals surface area contributed by atoms with Crippen LogP contribution in [-0.4, -0.2) is 58.2 Å². The highest BCUT2D eigenvalue weighted by molar-refractivity contribution is 5.68. The highest BCUT2D eigenvalue weighted by atomic mass is 19.4. The van der Waals surface area contributed by atoms with E-state index in [9.17, 15) is 35.9 Å². The Kier molecular flexibility index (Phi) is 7.36. The highest BCUT2D eigenvalue weighted by Gasteiger charge is 2.35. The van der Waals surface area contributed by atoms with Gasteiger partial charge in [-0.3, -0.25) is 4.79 Å². The van der Waals surface area contributed by atoms with Gasteiger partial charge in [0.2, 0.25) is 5.95 Å². The van der Waals surface area contributed by atoms with Crippen molar-refractivity contribution in [1.29, 1.82) is 0 Å². The second-order valence-electron chi connectivity index (χ2n) is 7.58. The van der Waals surface area contributed by atoms with E-state index in [1.807, 2.05) is 11.9 Å². The Hall–Kier alpha value is -3.32. The first-order valence-corrected chi connectivity index (χ1v) is 10.3. The lowest BCUT2D eigenvalue weighted by molar-refractivity contribution is -0.139. The third kappa shape index (κ3) is 5.97. The first-order chi connectivity index (χ1) is 15.9. The van der Waals surface area contributed by atoms with Crippen LogP contribution >= 0.6 is 0 Å². The molecule has 2 aromatic heterocycles. The van der Waals surface area contributed by atoms with E-state index in [0.29, 0.717) is 24.9 Å². The first-order valence-electron chi connectivity index (χ1n) is 10.3. The van der Waals surface area contributed by atoms with Gasteiger partial charge in [-0.25, -0.2) is 14.8 Å². The number of anilines is 1. The second-order valence-corrected chi connectivity index (χ2v) is 7.58. The fraction of sp³-hybridized carbons (Fsp3) is 0.500. The molecule has 1 saturated heterocycles. The summed E-state index contributed by atoms with van der Waals surface area (Å²) in [6.45, 7) is 2.28. The number of ether oxygens (including phenoxy) is 1. The Balaban J connectivity index is 1.56. The standard InChI is InChI=1S/C20H21F6N5O3/c1-2-14-11-30(4-5-31(14)17-28-9-13(10-29-17)19(21,22)23)18(33)34-6-3-12-7-15(20(24,25)26)16(32)27-8-12/h7-10,14H,2-6,11H2,1H3,(H,27,32)/t14-/m0/s1. The maximum atomic E-state index is 12.8. The monoisotopic (exact) mass is 493 g/mol. The Bertz CT molecular complexity index is 1050. The molecule has 1 atom stereocenters. The summed E-state index contributed by atoms with van der Waals surface area (Å²) in [5.41, 5.74) is -3.40. The van der Waals surface area contributed by atoms with Crippen molar-refractivity contribution in [2.75, 3.05) is 31.1 Å². The molecule has 0 unspecified atom stereocenters. The van der Waals surface area contributed by atoms with Crippen LogP contribution in [-0.2, 0) is 23.5 Å². The van der Waals surface area contributed by atoms with Gasteiger partial charge in [-0.1, -0.05) is 6.92 Å². The molecule has 0 aromatic carbocycles. The molecule has 186 valence electrons. The lowest BCUT2D eigenvalue weighted by Crippen LogP contribution is -2.55. The van der Waals surface area contributed by atoms with E-state index in [1.54, 1.807) is 4.90 Å². The summed E-state index contributed by atoms with van der Waals surface area (Å²) in [6.07, 6.45) is -6.98. The summed E-state index contributed by atoms with van der Waals surface area (Å²) in [5.74, 6) is 0.117. The summed E-state index contributed by atoms with van der Waals surface area (Å²) in [7, 11) is 0. The summed E-state index contributed by atoms with van der Waals surface area (Å²) in [5, 5.41) is 0. The van der Waals surface area contributed by atoms with Gasteiger partial charge in [0.1, 0.15) is 5.56 Å². The average molecular weight is 493 g/mol. The van der Waals surface area contributed by atoms with Crippen molar-refractivity contribution in [3.8, 4) is 0 Å². The van der Waals surface area contributed by atoms with Crippen LogP contribution in [0, 0.1) is 0 Å². The number of nitrogens with zero attached hydrogens (tertiary/aromatic N) is 4. The molecule has 14 heteroatoms. The number of piperazine rings is 1. The van der Waals surface area contributed by atoms with Crippen LogP contribution in [0.2, 0.25) is 0 Å². The summed E-state index contributed by atoms with van der Waals surface area (Å²) < 4.78 is 81.9. The zero-order chi connectivity index (χ0) is 25.1. The number of aromatic nitrogens is 3. The molecule has 1 amide bonds. The third-order valence-corrected chi connectivity index (χ3v) is 5.32. The van der Waals surface area contributed by atoms with Crippen LogP contribution in [0.5, 0.6) is 0 Å². The van der Waals surface area contributed by atoms with E-state index in [2.05, 4.69) is 9.97 Å². The van der Waals surface area contributed by atoms with E-state index < -0.39 is 35.1 Å². The number of carbonyl (C=O) groups excluding carboxylic acids is 1. The third-order valence-electron chi connectivity index (χ3n) is 5.32. The van der Waals surface area contributed by atoms with Gasteiger partial charge in [0.25, 0.3) is 5.56 Å². The van der Waals surface area contributed by atoms with Crippen LogP contribution in [0.1, 0.15) is 30.0 Å². The molecular formula is C20H21F6N5O3. The highest BCUT2D eigenvalue weighted by Crippen LogP contribution is 2.29. The summed E-state index contributed by atoms with van der Waals surface area (Å²) in [6, 6.07) is 0.439. The maximum absolute atomic E-state index is 12.8. The van der Waals surface area contributed by atoms with Gasteiger partial charge in [0.15, 0.2) is 0 Å². The molecule has 3 rings (SSSR count). The molecule has 1 N–H and O–H groups in total. The molecule has 0 bridgehead atoms. The Morgan fingerprint density at radius 1 is 1.15 bits per heavy atom. The van der Waals surface area contributed by atoms with E-state index in [4.69, 9.17) is 4.74 Å². The van der Waals surface area contributed by atoms with Crippen LogP contribution in [0.4, 0.5) is 37.1 Å².